The van der Waals surface area contributed by atoms with Crippen molar-refractivity contribution >= 4 is 5.91 Å². The van der Waals surface area contributed by atoms with E-state index in [2.05, 4.69) is 15.3 Å². The highest BCUT2D eigenvalue weighted by Crippen LogP contribution is 2.15. The highest BCUT2D eigenvalue weighted by atomic mass is 16.3. The number of carbonyl (C=O) groups excluding carboxylic acids is 1. The fourth-order valence-electron chi connectivity index (χ4n) is 2.07. The molecule has 0 aliphatic carbocycles. The summed E-state index contributed by atoms with van der Waals surface area (Å²) in [7, 11) is 0. The van der Waals surface area contributed by atoms with Crippen molar-refractivity contribution < 1.29 is 9.90 Å². The second kappa shape index (κ2) is 6.49. The van der Waals surface area contributed by atoms with E-state index in [1.807, 2.05) is 13.8 Å². The van der Waals surface area contributed by atoms with Crippen LogP contribution in [-0.2, 0) is 0 Å². The van der Waals surface area contributed by atoms with Crippen LogP contribution in [0.15, 0.2) is 37.1 Å². The quantitative estimate of drug-likeness (QED) is 0.845. The molecule has 2 aromatic heterocycles. The molecule has 0 unspecified atom stereocenters. The van der Waals surface area contributed by atoms with E-state index >= 15 is 0 Å². The maximum atomic E-state index is 12.3. The van der Waals surface area contributed by atoms with Crippen LogP contribution in [0.2, 0.25) is 0 Å². The van der Waals surface area contributed by atoms with Gasteiger partial charge in [0.15, 0.2) is 0 Å². The minimum atomic E-state index is -0.569. The first kappa shape index (κ1) is 15.2. The summed E-state index contributed by atoms with van der Waals surface area (Å²) in [5, 5.41) is 12.4. The fraction of sp³-hybridized carbons (Fsp3) is 0.400. The standard InChI is InChI=1S/C15H20N4O2/c1-3-15(4-2,10-20)18-14(21)12-5-6-13(17-9-12)19-8-7-16-11-19/h5-9,11,20H,3-4,10H2,1-2H3,(H,18,21). The summed E-state index contributed by atoms with van der Waals surface area (Å²) in [5.41, 5.74) is -0.0984. The zero-order chi connectivity index (χ0) is 15.3. The number of aromatic nitrogens is 3. The van der Waals surface area contributed by atoms with Crippen LogP contribution in [-0.4, -0.2) is 37.7 Å². The molecule has 0 atom stereocenters. The fourth-order valence-corrected chi connectivity index (χ4v) is 2.07. The van der Waals surface area contributed by atoms with Gasteiger partial charge in [0, 0.05) is 18.6 Å². The Morgan fingerprint density at radius 1 is 1.38 bits per heavy atom. The van der Waals surface area contributed by atoms with E-state index < -0.39 is 5.54 Å². The van der Waals surface area contributed by atoms with Crippen molar-refractivity contribution in [2.45, 2.75) is 32.2 Å². The lowest BCUT2D eigenvalue weighted by molar-refractivity contribution is 0.0817. The number of rotatable bonds is 6. The molecule has 0 aliphatic rings. The molecule has 2 rings (SSSR count). The van der Waals surface area contributed by atoms with E-state index in [4.69, 9.17) is 0 Å². The number of nitrogens with zero attached hydrogens (tertiary/aromatic N) is 3. The molecule has 0 saturated heterocycles. The predicted octanol–water partition coefficient (Wildman–Crippen LogP) is 1.55. The molecule has 112 valence electrons. The summed E-state index contributed by atoms with van der Waals surface area (Å²) in [5.74, 6) is 0.473. The Balaban J connectivity index is 2.13. The minimum absolute atomic E-state index is 0.0771. The van der Waals surface area contributed by atoms with E-state index in [0.717, 1.165) is 0 Å². The van der Waals surface area contributed by atoms with Gasteiger partial charge in [-0.25, -0.2) is 9.97 Å². The highest BCUT2D eigenvalue weighted by Gasteiger charge is 2.27. The average molecular weight is 288 g/mol. The number of pyridine rings is 1. The number of aliphatic hydroxyl groups is 1. The topological polar surface area (TPSA) is 80.0 Å². The zero-order valence-electron chi connectivity index (χ0n) is 12.3. The lowest BCUT2D eigenvalue weighted by Crippen LogP contribution is -2.50. The highest BCUT2D eigenvalue weighted by molar-refractivity contribution is 5.94. The van der Waals surface area contributed by atoms with Gasteiger partial charge in [-0.1, -0.05) is 13.8 Å². The Morgan fingerprint density at radius 3 is 2.62 bits per heavy atom. The maximum Gasteiger partial charge on any atom is 0.253 e. The Kier molecular flexibility index (Phi) is 4.70. The number of aliphatic hydroxyl groups excluding tert-OH is 1. The third kappa shape index (κ3) is 3.28. The van der Waals surface area contributed by atoms with Gasteiger partial charge in [-0.2, -0.15) is 0 Å². The van der Waals surface area contributed by atoms with Crippen molar-refractivity contribution in [1.29, 1.82) is 0 Å². The van der Waals surface area contributed by atoms with Crippen molar-refractivity contribution in [3.05, 3.63) is 42.6 Å². The molecule has 1 amide bonds. The molecule has 2 N–H and O–H groups in total. The normalized spacial score (nSPS) is 11.4. The first-order chi connectivity index (χ1) is 10.1. The predicted molar refractivity (Wildman–Crippen MR) is 79.2 cm³/mol. The van der Waals surface area contributed by atoms with Crippen molar-refractivity contribution in [1.82, 2.24) is 19.9 Å². The summed E-state index contributed by atoms with van der Waals surface area (Å²) in [6.45, 7) is 3.81. The van der Waals surface area contributed by atoms with Gasteiger partial charge in [0.2, 0.25) is 0 Å². The molecule has 0 aliphatic heterocycles. The van der Waals surface area contributed by atoms with Crippen LogP contribution < -0.4 is 5.32 Å². The molecule has 6 heteroatoms. The Labute approximate surface area is 123 Å². The van der Waals surface area contributed by atoms with Crippen LogP contribution in [0.1, 0.15) is 37.0 Å². The lowest BCUT2D eigenvalue weighted by atomic mass is 9.93. The number of hydrogen-bond donors (Lipinski definition) is 2. The SMILES string of the molecule is CCC(CC)(CO)NC(=O)c1ccc(-n2ccnc2)nc1. The number of carbonyl (C=O) groups is 1. The smallest absolute Gasteiger partial charge is 0.253 e. The number of imidazole rings is 1. The largest absolute Gasteiger partial charge is 0.394 e. The minimum Gasteiger partial charge on any atom is -0.394 e. The summed E-state index contributed by atoms with van der Waals surface area (Å²) in [6, 6.07) is 3.47. The van der Waals surface area contributed by atoms with E-state index in [-0.39, 0.29) is 12.5 Å². The molecule has 21 heavy (non-hydrogen) atoms. The van der Waals surface area contributed by atoms with Crippen LogP contribution in [0.5, 0.6) is 0 Å². The molecule has 2 heterocycles. The number of hydrogen-bond acceptors (Lipinski definition) is 4. The van der Waals surface area contributed by atoms with Crippen LogP contribution in [0, 0.1) is 0 Å². The van der Waals surface area contributed by atoms with Crippen molar-refractivity contribution in [2.24, 2.45) is 0 Å². The Bertz CT molecular complexity index is 566. The molecule has 2 aromatic rings. The van der Waals surface area contributed by atoms with E-state index in [9.17, 15) is 9.90 Å². The maximum absolute atomic E-state index is 12.3. The van der Waals surface area contributed by atoms with E-state index in [0.29, 0.717) is 24.2 Å². The van der Waals surface area contributed by atoms with Crippen LogP contribution in [0.4, 0.5) is 0 Å². The monoisotopic (exact) mass is 288 g/mol. The van der Waals surface area contributed by atoms with Gasteiger partial charge >= 0.3 is 0 Å². The lowest BCUT2D eigenvalue weighted by Gasteiger charge is -2.30. The first-order valence-electron chi connectivity index (χ1n) is 7.02. The second-order valence-corrected chi connectivity index (χ2v) is 4.97. The van der Waals surface area contributed by atoms with Crippen molar-refractivity contribution in [3.8, 4) is 5.82 Å². The van der Waals surface area contributed by atoms with Crippen LogP contribution in [0.25, 0.3) is 5.82 Å². The molecule has 6 nitrogen and oxygen atoms in total. The second-order valence-electron chi connectivity index (χ2n) is 4.97. The average Bonchev–Trinajstić information content (AvgIpc) is 3.07. The van der Waals surface area contributed by atoms with Crippen LogP contribution in [0.3, 0.4) is 0 Å². The summed E-state index contributed by atoms with van der Waals surface area (Å²) in [4.78, 5) is 20.5. The van der Waals surface area contributed by atoms with Crippen LogP contribution >= 0.6 is 0 Å². The van der Waals surface area contributed by atoms with Gasteiger partial charge in [0.05, 0.1) is 17.7 Å². The third-order valence-electron chi connectivity index (χ3n) is 3.81. The Morgan fingerprint density at radius 2 is 2.14 bits per heavy atom. The van der Waals surface area contributed by atoms with Gasteiger partial charge in [0.1, 0.15) is 12.1 Å². The summed E-state index contributed by atoms with van der Waals surface area (Å²) in [6.07, 6.45) is 7.97. The third-order valence-corrected chi connectivity index (χ3v) is 3.81. The van der Waals surface area contributed by atoms with Crippen molar-refractivity contribution in [2.75, 3.05) is 6.61 Å². The number of amides is 1. The number of nitrogens with one attached hydrogen (secondary N) is 1. The van der Waals surface area contributed by atoms with Gasteiger partial charge in [0.25, 0.3) is 5.91 Å². The van der Waals surface area contributed by atoms with Gasteiger partial charge in [-0.05, 0) is 25.0 Å². The molecular weight excluding hydrogens is 268 g/mol. The first-order valence-corrected chi connectivity index (χ1v) is 7.02. The molecule has 0 saturated carbocycles. The molecule has 0 spiro atoms. The zero-order valence-corrected chi connectivity index (χ0v) is 12.3. The Hall–Kier alpha value is -2.21. The van der Waals surface area contributed by atoms with Gasteiger partial charge < -0.3 is 10.4 Å². The molecular formula is C15H20N4O2. The summed E-state index contributed by atoms with van der Waals surface area (Å²) >= 11 is 0. The molecule has 0 aromatic carbocycles. The van der Waals surface area contributed by atoms with Crippen molar-refractivity contribution in [3.63, 3.8) is 0 Å². The van der Waals surface area contributed by atoms with E-state index in [1.165, 1.54) is 6.20 Å². The molecule has 0 radical (unpaired) electrons. The van der Waals surface area contributed by atoms with E-state index in [1.54, 1.807) is 35.4 Å². The molecule has 0 bridgehead atoms. The van der Waals surface area contributed by atoms with Gasteiger partial charge in [-0.3, -0.25) is 9.36 Å². The summed E-state index contributed by atoms with van der Waals surface area (Å²) < 4.78 is 1.76. The van der Waals surface area contributed by atoms with Gasteiger partial charge in [-0.15, -0.1) is 0 Å². The molecule has 0 fully saturated rings.